The van der Waals surface area contributed by atoms with E-state index in [4.69, 9.17) is 14.5 Å². The summed E-state index contributed by atoms with van der Waals surface area (Å²) < 4.78 is 12.5. The first-order chi connectivity index (χ1) is 17.7. The van der Waals surface area contributed by atoms with Crippen LogP contribution in [0.1, 0.15) is 40.0 Å². The first-order valence-electron chi connectivity index (χ1n) is 11.9. The third kappa shape index (κ3) is 4.20. The van der Waals surface area contributed by atoms with Gasteiger partial charge < -0.3 is 14.6 Å². The molecule has 1 aromatic heterocycles. The maximum Gasteiger partial charge on any atom is 0.217 e. The number of hydrogen-bond donors (Lipinski definition) is 1. The van der Waals surface area contributed by atoms with Gasteiger partial charge in [0, 0.05) is 38.3 Å². The molecule has 0 amide bonds. The minimum Gasteiger partial charge on any atom is -0.510 e. The zero-order valence-corrected chi connectivity index (χ0v) is 21.8. The standard InChI is InChI=1S/C31H21N2O3.Pt/c34-26-14-6-9-19-15-16-27(32-28(19)26)35-23-11-5-10-22(18-23)31-33-29-24-12-3-1-7-20(24)17-21-8-2-4-13-25(21)30(29)36-31;/h1-16,29-30,34H,17H2;/q-1;/t29-,30-;/m0./s1. The molecular formula is C31H21N2O3Pt-. The van der Waals surface area contributed by atoms with Crippen LogP contribution in [0.4, 0.5) is 0 Å². The van der Waals surface area contributed by atoms with Gasteiger partial charge in [-0.15, -0.1) is 18.2 Å². The fourth-order valence-corrected chi connectivity index (χ4v) is 5.09. The quantitative estimate of drug-likeness (QED) is 0.219. The number of aromatic hydroxyl groups is 1. The van der Waals surface area contributed by atoms with E-state index in [2.05, 4.69) is 59.6 Å². The maximum absolute atomic E-state index is 10.2. The van der Waals surface area contributed by atoms with Crippen LogP contribution < -0.4 is 4.74 Å². The molecule has 1 aliphatic heterocycles. The Morgan fingerprint density at radius 1 is 0.811 bits per heavy atom. The van der Waals surface area contributed by atoms with Crippen LogP contribution in [-0.4, -0.2) is 16.0 Å². The summed E-state index contributed by atoms with van der Waals surface area (Å²) in [5.74, 6) is 1.53. The van der Waals surface area contributed by atoms with Crippen molar-refractivity contribution in [3.05, 3.63) is 131 Å². The largest absolute Gasteiger partial charge is 0.510 e. The zero-order valence-electron chi connectivity index (χ0n) is 19.6. The van der Waals surface area contributed by atoms with E-state index < -0.39 is 0 Å². The fraction of sp³-hybridized carbons (Fsp3) is 0.0968. The van der Waals surface area contributed by atoms with Crippen molar-refractivity contribution < 1.29 is 35.6 Å². The molecule has 0 saturated heterocycles. The van der Waals surface area contributed by atoms with E-state index in [0.29, 0.717) is 23.0 Å². The minimum absolute atomic E-state index is 0. The molecule has 1 N–H and O–H groups in total. The Balaban J connectivity index is 0.00000252. The topological polar surface area (TPSA) is 63.9 Å². The number of aromatic nitrogens is 1. The summed E-state index contributed by atoms with van der Waals surface area (Å²) >= 11 is 0. The Kier molecular flexibility index (Phi) is 6.02. The van der Waals surface area contributed by atoms with Crippen molar-refractivity contribution in [1.29, 1.82) is 0 Å². The Morgan fingerprint density at radius 3 is 2.43 bits per heavy atom. The van der Waals surface area contributed by atoms with E-state index in [0.717, 1.165) is 17.4 Å². The van der Waals surface area contributed by atoms with Crippen LogP contribution in [-0.2, 0) is 32.2 Å². The molecule has 2 heterocycles. The number of aliphatic imine (C=N–C) groups is 1. The van der Waals surface area contributed by atoms with Crippen molar-refractivity contribution in [1.82, 2.24) is 4.98 Å². The van der Waals surface area contributed by atoms with Gasteiger partial charge in [0.2, 0.25) is 5.88 Å². The number of benzene rings is 4. The number of pyridine rings is 1. The van der Waals surface area contributed by atoms with Crippen molar-refractivity contribution in [3.8, 4) is 17.4 Å². The van der Waals surface area contributed by atoms with Crippen molar-refractivity contribution in [3.63, 3.8) is 0 Å². The molecule has 0 saturated carbocycles. The molecule has 5 nitrogen and oxygen atoms in total. The van der Waals surface area contributed by atoms with Gasteiger partial charge in [-0.2, -0.15) is 0 Å². The van der Waals surface area contributed by atoms with Crippen LogP contribution in [0.2, 0.25) is 0 Å². The van der Waals surface area contributed by atoms with Gasteiger partial charge in [0.05, 0.1) is 0 Å². The average molecular weight is 665 g/mol. The van der Waals surface area contributed by atoms with E-state index in [-0.39, 0.29) is 39.0 Å². The van der Waals surface area contributed by atoms with Crippen molar-refractivity contribution in [2.45, 2.75) is 18.6 Å². The molecule has 4 aromatic carbocycles. The van der Waals surface area contributed by atoms with E-state index in [1.54, 1.807) is 18.2 Å². The van der Waals surface area contributed by atoms with E-state index in [9.17, 15) is 5.11 Å². The minimum atomic E-state index is -0.192. The van der Waals surface area contributed by atoms with Gasteiger partial charge in [-0.25, -0.2) is 4.98 Å². The van der Waals surface area contributed by atoms with E-state index in [1.165, 1.54) is 22.3 Å². The number of para-hydroxylation sites is 1. The zero-order chi connectivity index (χ0) is 24.1. The Labute approximate surface area is 228 Å². The predicted octanol–water partition coefficient (Wildman–Crippen LogP) is 6.69. The molecule has 7 rings (SSSR count). The molecule has 6 heteroatoms. The summed E-state index contributed by atoms with van der Waals surface area (Å²) in [6.45, 7) is 0. The molecule has 5 aromatic rings. The van der Waals surface area contributed by atoms with Crippen LogP contribution in [0.15, 0.2) is 102 Å². The third-order valence-corrected chi connectivity index (χ3v) is 6.78. The number of ether oxygens (including phenoxy) is 2. The summed E-state index contributed by atoms with van der Waals surface area (Å²) in [4.78, 5) is 9.50. The van der Waals surface area contributed by atoms with Crippen molar-refractivity contribution >= 4 is 16.8 Å². The number of rotatable bonds is 3. The summed E-state index contributed by atoms with van der Waals surface area (Å²) in [7, 11) is 0. The van der Waals surface area contributed by atoms with Gasteiger partial charge in [-0.3, -0.25) is 4.99 Å². The molecule has 0 bridgehead atoms. The molecule has 2 aliphatic rings. The summed E-state index contributed by atoms with van der Waals surface area (Å²) in [6.07, 6.45) is 0.681. The van der Waals surface area contributed by atoms with E-state index in [1.807, 2.05) is 30.3 Å². The number of fused-ring (bicyclic) bond motifs is 6. The van der Waals surface area contributed by atoms with Crippen molar-refractivity contribution in [2.75, 3.05) is 0 Å². The Hall–Kier alpha value is -3.95. The fourth-order valence-electron chi connectivity index (χ4n) is 5.09. The number of phenolic OH excluding ortho intramolecular Hbond substituents is 1. The molecule has 184 valence electrons. The number of nitrogens with zero attached hydrogens (tertiary/aromatic N) is 2. The van der Waals surface area contributed by atoms with Crippen molar-refractivity contribution in [2.24, 2.45) is 4.99 Å². The van der Waals surface area contributed by atoms with Crippen LogP contribution in [0, 0.1) is 6.07 Å². The second-order valence-electron chi connectivity index (χ2n) is 9.02. The Bertz CT molecular complexity index is 1670. The molecule has 0 fully saturated rings. The predicted molar refractivity (Wildman–Crippen MR) is 138 cm³/mol. The molecule has 1 aliphatic carbocycles. The summed E-state index contributed by atoms with van der Waals surface area (Å²) in [5, 5.41) is 11.0. The molecule has 0 unspecified atom stereocenters. The van der Waals surface area contributed by atoms with Crippen LogP contribution in [0.25, 0.3) is 10.9 Å². The Morgan fingerprint density at radius 2 is 1.57 bits per heavy atom. The van der Waals surface area contributed by atoms with Gasteiger partial charge in [-0.1, -0.05) is 72.3 Å². The SMILES string of the molecule is Oc1cccc2ccc(Oc3[c-]c(C4=N[C@H]5c6ccccc6Cc6ccccc6[C@@H]5O4)ccc3)nc12.[Pt]. The van der Waals surface area contributed by atoms with Crippen LogP contribution in [0.3, 0.4) is 0 Å². The van der Waals surface area contributed by atoms with Crippen LogP contribution in [0.5, 0.6) is 17.4 Å². The monoisotopic (exact) mass is 664 g/mol. The van der Waals surface area contributed by atoms with Gasteiger partial charge in [0.25, 0.3) is 0 Å². The van der Waals surface area contributed by atoms with Gasteiger partial charge in [0.15, 0.2) is 0 Å². The first-order valence-corrected chi connectivity index (χ1v) is 11.9. The maximum atomic E-state index is 10.2. The third-order valence-electron chi connectivity index (χ3n) is 6.78. The van der Waals surface area contributed by atoms with Gasteiger partial charge in [-0.05, 0) is 40.8 Å². The first kappa shape index (κ1) is 23.4. The summed E-state index contributed by atoms with van der Waals surface area (Å²) in [5.41, 5.74) is 6.12. The number of phenols is 1. The average Bonchev–Trinajstić information content (AvgIpc) is 3.30. The second kappa shape index (κ2) is 9.49. The molecular weight excluding hydrogens is 643 g/mol. The number of hydrogen-bond acceptors (Lipinski definition) is 5. The van der Waals surface area contributed by atoms with Gasteiger partial charge >= 0.3 is 0 Å². The molecule has 0 spiro atoms. The summed E-state index contributed by atoms with van der Waals surface area (Å²) in [6, 6.07) is 34.7. The van der Waals surface area contributed by atoms with Gasteiger partial charge in [0.1, 0.15) is 29.3 Å². The second-order valence-corrected chi connectivity index (χ2v) is 9.02. The molecule has 37 heavy (non-hydrogen) atoms. The molecule has 2 atom stereocenters. The van der Waals surface area contributed by atoms with E-state index >= 15 is 0 Å². The molecule has 0 radical (unpaired) electrons. The smallest absolute Gasteiger partial charge is 0.217 e. The van der Waals surface area contributed by atoms with Crippen LogP contribution >= 0.6 is 0 Å². The normalized spacial score (nSPS) is 17.4.